The summed E-state index contributed by atoms with van der Waals surface area (Å²) in [6.45, 7) is 0. The third-order valence-corrected chi connectivity index (χ3v) is 0.426. The molecule has 2 amide bonds. The first-order chi connectivity index (χ1) is 4.31. The van der Waals surface area contributed by atoms with E-state index in [4.69, 9.17) is 0 Å². The van der Waals surface area contributed by atoms with Gasteiger partial charge < -0.3 is 5.32 Å². The Hall–Kier alpha value is -1.62. The molecular weight excluding hydrogens is 126 g/mol. The van der Waals surface area contributed by atoms with E-state index in [1.165, 1.54) is 7.05 Å². The minimum atomic E-state index is -0.678. The molecule has 0 aliphatic rings. The lowest BCUT2D eigenvalue weighted by molar-refractivity contribution is 0.249. The number of rotatable bonds is 1. The molecule has 0 heterocycles. The molecule has 0 saturated carbocycles. The van der Waals surface area contributed by atoms with Crippen LogP contribution in [-0.4, -0.2) is 13.1 Å². The van der Waals surface area contributed by atoms with Crippen LogP contribution in [0.4, 0.5) is 4.79 Å². The zero-order valence-corrected chi connectivity index (χ0v) is 4.61. The van der Waals surface area contributed by atoms with Gasteiger partial charge in [0.25, 0.3) is 0 Å². The van der Waals surface area contributed by atoms with Gasteiger partial charge in [0, 0.05) is 12.0 Å². The molecule has 0 aliphatic carbocycles. The number of carbonyl (C=O) groups excluding carboxylic acids is 1. The van der Waals surface area contributed by atoms with Crippen molar-refractivity contribution in [1.29, 1.82) is 0 Å². The maximum Gasteiger partial charge on any atom is 0.396 e. The minimum absolute atomic E-state index is 0.678. The molecule has 9 heavy (non-hydrogen) atoms. The molecule has 0 aromatic carbocycles. The second-order valence-corrected chi connectivity index (χ2v) is 0.916. The van der Waals surface area contributed by atoms with E-state index in [0.717, 1.165) is 0 Å². The topological polar surface area (TPSA) is 97.3 Å². The lowest BCUT2D eigenvalue weighted by Gasteiger charge is -1.76. The summed E-state index contributed by atoms with van der Waals surface area (Å²) in [4.78, 5) is 22.0. The molecule has 0 atom stereocenters. The molecule has 0 aromatic rings. The maximum atomic E-state index is 10.1. The lowest BCUT2D eigenvalue weighted by atomic mass is 11.0. The van der Waals surface area contributed by atoms with Crippen molar-refractivity contribution in [3.8, 4) is 0 Å². The number of hydrogen-bond acceptors (Lipinski definition) is 2. The molecule has 48 valence electrons. The number of nitrogens with zero attached hydrogens (tertiary/aromatic N) is 4. The van der Waals surface area contributed by atoms with Crippen LogP contribution >= 0.6 is 0 Å². The smallest absolute Gasteiger partial charge is 0.335 e. The number of hydrogen-bond donors (Lipinski definition) is 1. The van der Waals surface area contributed by atoms with Crippen LogP contribution in [0.1, 0.15) is 0 Å². The Bertz CT molecular complexity index is 168. The summed E-state index contributed by atoms with van der Waals surface area (Å²) in [6, 6.07) is -0.678. The molecule has 0 bridgehead atoms. The Morgan fingerprint density at radius 1 is 1.67 bits per heavy atom. The molecule has 1 N–H and O–H groups in total. The van der Waals surface area contributed by atoms with Gasteiger partial charge in [-0.2, -0.15) is 0 Å². The quantitative estimate of drug-likeness (QED) is 0.233. The van der Waals surface area contributed by atoms with Gasteiger partial charge in [0.05, 0.1) is 4.91 Å². The number of nitrogens with one attached hydrogen (secondary N) is 1. The molecule has 0 unspecified atom stereocenters. The van der Waals surface area contributed by atoms with Gasteiger partial charge in [-0.1, -0.05) is 0 Å². The van der Waals surface area contributed by atoms with Crippen molar-refractivity contribution < 1.29 is 4.79 Å². The first kappa shape index (κ1) is 7.38. The highest BCUT2D eigenvalue weighted by atomic mass is 16.3. The van der Waals surface area contributed by atoms with Gasteiger partial charge in [0.2, 0.25) is 0 Å². The fourth-order valence-corrected chi connectivity index (χ4v) is 0.127. The summed E-state index contributed by atoms with van der Waals surface area (Å²) in [5.41, 5.74) is 0. The van der Waals surface area contributed by atoms with Crippen molar-refractivity contribution in [1.82, 2.24) is 10.2 Å². The number of urea groups is 1. The van der Waals surface area contributed by atoms with Crippen LogP contribution in [-0.2, 0) is 0 Å². The summed E-state index contributed by atoms with van der Waals surface area (Å²) < 4.78 is 0. The Labute approximate surface area is 49.8 Å². The van der Waals surface area contributed by atoms with E-state index in [1.54, 1.807) is 0 Å². The standard InChI is InChI=1S/C2H3N5O2/c1-3-2(8)4-5-6-7-9/h1H3/p+1. The highest BCUT2D eigenvalue weighted by Crippen LogP contribution is 1.65. The minimum Gasteiger partial charge on any atom is -0.335 e. The van der Waals surface area contributed by atoms with Crippen molar-refractivity contribution in [2.75, 3.05) is 7.05 Å². The van der Waals surface area contributed by atoms with Crippen molar-refractivity contribution in [3.63, 3.8) is 0 Å². The Balaban J connectivity index is 3.83. The van der Waals surface area contributed by atoms with Crippen molar-refractivity contribution >= 4 is 6.03 Å². The SMILES string of the molecule is CNC(=O)N=[N+]=NN=O. The van der Waals surface area contributed by atoms with Crippen LogP contribution in [0, 0.1) is 4.91 Å². The Morgan fingerprint density at radius 2 is 2.33 bits per heavy atom. The molecule has 7 nitrogen and oxygen atoms in total. The van der Waals surface area contributed by atoms with Gasteiger partial charge in [-0.15, -0.1) is 0 Å². The van der Waals surface area contributed by atoms with Gasteiger partial charge in [-0.05, 0) is 0 Å². The zero-order valence-electron chi connectivity index (χ0n) is 4.61. The van der Waals surface area contributed by atoms with Crippen LogP contribution in [0.25, 0.3) is 0 Å². The second kappa shape index (κ2) is 4.54. The molecule has 0 radical (unpaired) electrons. The van der Waals surface area contributed by atoms with Crippen molar-refractivity contribution in [3.05, 3.63) is 4.91 Å². The van der Waals surface area contributed by atoms with Gasteiger partial charge in [-0.3, -0.25) is 0 Å². The third kappa shape index (κ3) is 4.23. The summed E-state index contributed by atoms with van der Waals surface area (Å²) in [7, 11) is 1.37. The Morgan fingerprint density at radius 3 is 2.78 bits per heavy atom. The largest absolute Gasteiger partial charge is 0.396 e. The van der Waals surface area contributed by atoms with Crippen molar-refractivity contribution in [2.24, 2.45) is 15.6 Å². The van der Waals surface area contributed by atoms with E-state index in [9.17, 15) is 9.70 Å². The predicted octanol–water partition coefficient (Wildman–Crippen LogP) is -0.0212. The Kier molecular flexibility index (Phi) is 3.72. The molecule has 0 saturated heterocycles. The average molecular weight is 130 g/mol. The van der Waals surface area contributed by atoms with Crippen LogP contribution in [0.5, 0.6) is 0 Å². The van der Waals surface area contributed by atoms with E-state index in [2.05, 4.69) is 20.6 Å². The fourth-order valence-electron chi connectivity index (χ4n) is 0.127. The predicted molar refractivity (Wildman–Crippen MR) is 27.2 cm³/mol. The van der Waals surface area contributed by atoms with Crippen LogP contribution in [0.3, 0.4) is 0 Å². The molecular formula is C2H4N5O2+. The summed E-state index contributed by atoms with van der Waals surface area (Å²) in [5, 5.41) is 9.47. The van der Waals surface area contributed by atoms with Gasteiger partial charge in [-0.25, -0.2) is 4.79 Å². The number of amides is 2. The monoisotopic (exact) mass is 130 g/mol. The van der Waals surface area contributed by atoms with E-state index >= 15 is 0 Å². The molecule has 0 aliphatic heterocycles. The van der Waals surface area contributed by atoms with E-state index in [-0.39, 0.29) is 0 Å². The molecule has 7 heteroatoms. The lowest BCUT2D eigenvalue weighted by Crippen LogP contribution is -2.12. The molecule has 0 fully saturated rings. The number of carbonyl (C=O) groups is 1. The third-order valence-electron chi connectivity index (χ3n) is 0.426. The van der Waals surface area contributed by atoms with Crippen molar-refractivity contribution in [2.45, 2.75) is 0 Å². The van der Waals surface area contributed by atoms with Gasteiger partial charge in [0.1, 0.15) is 5.11 Å². The second-order valence-electron chi connectivity index (χ2n) is 0.916. The van der Waals surface area contributed by atoms with Crippen LogP contribution in [0.15, 0.2) is 15.6 Å². The fraction of sp³-hybridized carbons (Fsp3) is 0.500. The molecule has 0 aromatic heterocycles. The highest BCUT2D eigenvalue weighted by Gasteiger charge is 1.92. The summed E-state index contributed by atoms with van der Waals surface area (Å²) in [5.74, 6) is 0. The van der Waals surface area contributed by atoms with E-state index in [1.807, 2.05) is 5.29 Å². The first-order valence-corrected chi connectivity index (χ1v) is 1.96. The maximum absolute atomic E-state index is 10.1. The summed E-state index contributed by atoms with van der Waals surface area (Å²) in [6.07, 6.45) is 0. The van der Waals surface area contributed by atoms with E-state index < -0.39 is 6.03 Å². The number of nitroso groups, excluding NO2 is 1. The first-order valence-electron chi connectivity index (χ1n) is 1.96. The highest BCUT2D eigenvalue weighted by molar-refractivity contribution is 5.73. The average Bonchev–Trinajstić information content (AvgIpc) is 1.89. The van der Waals surface area contributed by atoms with E-state index in [0.29, 0.717) is 0 Å². The summed E-state index contributed by atoms with van der Waals surface area (Å²) >= 11 is 0. The molecule has 0 spiro atoms. The molecule has 0 rings (SSSR count). The van der Waals surface area contributed by atoms with Gasteiger partial charge >= 0.3 is 16.5 Å². The van der Waals surface area contributed by atoms with Crippen LogP contribution in [0.2, 0.25) is 0 Å². The normalized spacial score (nSPS) is 6.78. The van der Waals surface area contributed by atoms with Gasteiger partial charge in [0.15, 0.2) is 0 Å². The van der Waals surface area contributed by atoms with Crippen LogP contribution < -0.4 is 10.2 Å². The zero-order chi connectivity index (χ0) is 7.11.